The predicted octanol–water partition coefficient (Wildman–Crippen LogP) is 2.86. The van der Waals surface area contributed by atoms with Gasteiger partial charge in [0.25, 0.3) is 5.78 Å². The number of hydrogen-bond donors (Lipinski definition) is 1. The Kier molecular flexibility index (Phi) is 4.94. The van der Waals surface area contributed by atoms with Gasteiger partial charge in [0.05, 0.1) is 7.11 Å². The van der Waals surface area contributed by atoms with Crippen molar-refractivity contribution in [2.24, 2.45) is 0 Å². The van der Waals surface area contributed by atoms with Gasteiger partial charge in [0.1, 0.15) is 17.9 Å². The van der Waals surface area contributed by atoms with Crippen molar-refractivity contribution in [3.63, 3.8) is 0 Å². The molecule has 27 heavy (non-hydrogen) atoms. The molecular formula is C20H25N5O2. The number of hydrogen-bond acceptors (Lipinski definition) is 6. The van der Waals surface area contributed by atoms with Crippen LogP contribution in [0.15, 0.2) is 36.7 Å². The molecule has 7 nitrogen and oxygen atoms in total. The standard InChI is InChI=1S/C20H25N5O2/c1-3-16-12-18(25-19(24-16)22-14-23-25)21-13-20(8-10-27-11-9-20)15-4-6-17(26-2)7-5-15/h4-7,12,14,21H,3,8-11,13H2,1-2H3. The number of aryl methyl sites for hydroxylation is 1. The summed E-state index contributed by atoms with van der Waals surface area (Å²) in [7, 11) is 1.69. The first kappa shape index (κ1) is 17.7. The molecule has 0 saturated carbocycles. The second kappa shape index (κ2) is 7.52. The lowest BCUT2D eigenvalue weighted by atomic mass is 9.74. The molecule has 1 aliphatic heterocycles. The molecule has 0 spiro atoms. The van der Waals surface area contributed by atoms with E-state index in [-0.39, 0.29) is 5.41 Å². The summed E-state index contributed by atoms with van der Waals surface area (Å²) in [5, 5.41) is 7.94. The van der Waals surface area contributed by atoms with E-state index in [1.54, 1.807) is 18.0 Å². The molecule has 3 aromatic rings. The highest BCUT2D eigenvalue weighted by Crippen LogP contribution is 2.36. The van der Waals surface area contributed by atoms with Gasteiger partial charge in [0, 0.05) is 36.9 Å². The van der Waals surface area contributed by atoms with Crippen molar-refractivity contribution in [1.29, 1.82) is 0 Å². The number of nitrogens with one attached hydrogen (secondary N) is 1. The quantitative estimate of drug-likeness (QED) is 0.722. The maximum Gasteiger partial charge on any atom is 0.254 e. The fourth-order valence-corrected chi connectivity index (χ4v) is 3.70. The second-order valence-electron chi connectivity index (χ2n) is 6.93. The van der Waals surface area contributed by atoms with Crippen molar-refractivity contribution >= 4 is 11.6 Å². The van der Waals surface area contributed by atoms with Gasteiger partial charge in [-0.05, 0) is 37.0 Å². The Labute approximate surface area is 158 Å². The van der Waals surface area contributed by atoms with Crippen LogP contribution in [-0.4, -0.2) is 46.5 Å². The second-order valence-corrected chi connectivity index (χ2v) is 6.93. The van der Waals surface area contributed by atoms with E-state index in [1.807, 2.05) is 12.1 Å². The summed E-state index contributed by atoms with van der Waals surface area (Å²) >= 11 is 0. The predicted molar refractivity (Wildman–Crippen MR) is 103 cm³/mol. The Balaban J connectivity index is 1.64. The molecule has 2 aromatic heterocycles. The van der Waals surface area contributed by atoms with E-state index in [4.69, 9.17) is 9.47 Å². The molecule has 0 unspecified atom stereocenters. The Morgan fingerprint density at radius 2 is 2.00 bits per heavy atom. The van der Waals surface area contributed by atoms with Gasteiger partial charge in [-0.2, -0.15) is 14.6 Å². The van der Waals surface area contributed by atoms with Crippen molar-refractivity contribution in [2.45, 2.75) is 31.6 Å². The summed E-state index contributed by atoms with van der Waals surface area (Å²) in [6.07, 6.45) is 4.34. The van der Waals surface area contributed by atoms with Crippen LogP contribution in [0, 0.1) is 0 Å². The minimum Gasteiger partial charge on any atom is -0.497 e. The average Bonchev–Trinajstić information content (AvgIpc) is 3.21. The smallest absolute Gasteiger partial charge is 0.254 e. The molecule has 142 valence electrons. The van der Waals surface area contributed by atoms with Crippen LogP contribution in [0.25, 0.3) is 5.78 Å². The maximum absolute atomic E-state index is 5.65. The van der Waals surface area contributed by atoms with Gasteiger partial charge in [-0.15, -0.1) is 0 Å². The van der Waals surface area contributed by atoms with Crippen LogP contribution in [0.2, 0.25) is 0 Å². The Morgan fingerprint density at radius 1 is 1.22 bits per heavy atom. The molecule has 0 bridgehead atoms. The number of anilines is 1. The molecule has 0 radical (unpaired) electrons. The van der Waals surface area contributed by atoms with E-state index in [2.05, 4.69) is 45.5 Å². The summed E-state index contributed by atoms with van der Waals surface area (Å²) in [6.45, 7) is 4.42. The van der Waals surface area contributed by atoms with Crippen LogP contribution >= 0.6 is 0 Å². The molecule has 4 rings (SSSR count). The number of nitrogens with zero attached hydrogens (tertiary/aromatic N) is 4. The first-order valence-electron chi connectivity index (χ1n) is 9.40. The molecule has 1 N–H and O–H groups in total. The Hall–Kier alpha value is -2.67. The van der Waals surface area contributed by atoms with E-state index < -0.39 is 0 Å². The van der Waals surface area contributed by atoms with Gasteiger partial charge < -0.3 is 14.8 Å². The summed E-state index contributed by atoms with van der Waals surface area (Å²) < 4.78 is 12.7. The minimum atomic E-state index is 0.00702. The monoisotopic (exact) mass is 367 g/mol. The molecule has 0 amide bonds. The fourth-order valence-electron chi connectivity index (χ4n) is 3.70. The molecule has 1 fully saturated rings. The number of fused-ring (bicyclic) bond motifs is 1. The molecule has 0 atom stereocenters. The first-order valence-corrected chi connectivity index (χ1v) is 9.40. The lowest BCUT2D eigenvalue weighted by Gasteiger charge is -2.38. The Morgan fingerprint density at radius 3 is 2.70 bits per heavy atom. The van der Waals surface area contributed by atoms with Gasteiger partial charge in [-0.1, -0.05) is 19.1 Å². The van der Waals surface area contributed by atoms with Gasteiger partial charge in [-0.3, -0.25) is 0 Å². The number of aromatic nitrogens is 4. The van der Waals surface area contributed by atoms with Crippen LogP contribution in [-0.2, 0) is 16.6 Å². The molecule has 3 heterocycles. The minimum absolute atomic E-state index is 0.00702. The van der Waals surface area contributed by atoms with Crippen molar-refractivity contribution in [2.75, 3.05) is 32.2 Å². The number of methoxy groups -OCH3 is 1. The normalized spacial score (nSPS) is 16.4. The summed E-state index contributed by atoms with van der Waals surface area (Å²) in [5.74, 6) is 2.43. The van der Waals surface area contributed by atoms with Gasteiger partial charge >= 0.3 is 0 Å². The summed E-state index contributed by atoms with van der Waals surface area (Å²) in [4.78, 5) is 8.76. The zero-order valence-corrected chi connectivity index (χ0v) is 15.8. The van der Waals surface area contributed by atoms with Crippen molar-refractivity contribution < 1.29 is 9.47 Å². The van der Waals surface area contributed by atoms with E-state index >= 15 is 0 Å². The molecular weight excluding hydrogens is 342 g/mol. The average molecular weight is 367 g/mol. The highest BCUT2D eigenvalue weighted by molar-refractivity contribution is 5.46. The topological polar surface area (TPSA) is 73.6 Å². The van der Waals surface area contributed by atoms with Gasteiger partial charge in [0.2, 0.25) is 0 Å². The summed E-state index contributed by atoms with van der Waals surface area (Å²) in [6, 6.07) is 10.5. The van der Waals surface area contributed by atoms with Gasteiger partial charge in [-0.25, -0.2) is 4.98 Å². The van der Waals surface area contributed by atoms with Crippen LogP contribution in [0.4, 0.5) is 5.82 Å². The molecule has 1 aromatic carbocycles. The third-order valence-corrected chi connectivity index (χ3v) is 5.43. The summed E-state index contributed by atoms with van der Waals surface area (Å²) in [5.41, 5.74) is 2.31. The van der Waals surface area contributed by atoms with E-state index in [1.165, 1.54) is 5.56 Å². The Bertz CT molecular complexity index is 900. The lowest BCUT2D eigenvalue weighted by Crippen LogP contribution is -2.40. The van der Waals surface area contributed by atoms with Crippen LogP contribution < -0.4 is 10.1 Å². The maximum atomic E-state index is 5.65. The third kappa shape index (κ3) is 3.47. The first-order chi connectivity index (χ1) is 13.2. The highest BCUT2D eigenvalue weighted by Gasteiger charge is 2.34. The third-order valence-electron chi connectivity index (χ3n) is 5.43. The van der Waals surface area contributed by atoms with E-state index in [0.717, 1.165) is 56.3 Å². The van der Waals surface area contributed by atoms with Crippen molar-refractivity contribution in [3.8, 4) is 5.75 Å². The van der Waals surface area contributed by atoms with Crippen molar-refractivity contribution in [1.82, 2.24) is 19.6 Å². The highest BCUT2D eigenvalue weighted by atomic mass is 16.5. The van der Waals surface area contributed by atoms with E-state index in [0.29, 0.717) is 5.78 Å². The van der Waals surface area contributed by atoms with Crippen molar-refractivity contribution in [3.05, 3.63) is 47.9 Å². The zero-order chi connectivity index (χ0) is 18.7. The number of ether oxygens (including phenoxy) is 2. The molecule has 7 heteroatoms. The van der Waals surface area contributed by atoms with E-state index in [9.17, 15) is 0 Å². The van der Waals surface area contributed by atoms with Crippen LogP contribution in [0.1, 0.15) is 31.0 Å². The SMILES string of the molecule is CCc1cc(NCC2(c3ccc(OC)cc3)CCOCC2)n2ncnc2n1. The molecule has 1 aliphatic rings. The van der Waals surface area contributed by atoms with Gasteiger partial charge in [0.15, 0.2) is 0 Å². The number of benzene rings is 1. The molecule has 1 saturated heterocycles. The molecule has 0 aliphatic carbocycles. The lowest BCUT2D eigenvalue weighted by molar-refractivity contribution is 0.0543. The largest absolute Gasteiger partial charge is 0.497 e. The fraction of sp³-hybridized carbons (Fsp3) is 0.450. The number of rotatable bonds is 6. The van der Waals surface area contributed by atoms with Crippen LogP contribution in [0.3, 0.4) is 0 Å². The van der Waals surface area contributed by atoms with Crippen LogP contribution in [0.5, 0.6) is 5.75 Å². The zero-order valence-electron chi connectivity index (χ0n) is 15.8.